The Kier molecular flexibility index (Phi) is 10.1. The lowest BCUT2D eigenvalue weighted by Crippen LogP contribution is -2.57. The molecule has 0 aliphatic rings. The van der Waals surface area contributed by atoms with Crippen LogP contribution < -0.4 is 21.7 Å². The Balaban J connectivity index is 2.93. The normalized spacial score (nSPS) is 14.3. The minimum absolute atomic E-state index is 0.0287. The number of aliphatic carboxylic acids is 2. The fraction of sp³-hybridized carbons (Fsp3) is 0.421. The third-order valence-corrected chi connectivity index (χ3v) is 4.29. The van der Waals surface area contributed by atoms with Crippen molar-refractivity contribution in [2.75, 3.05) is 6.61 Å². The monoisotopic (exact) mass is 454 g/mol. The van der Waals surface area contributed by atoms with E-state index in [-0.39, 0.29) is 12.2 Å². The first-order valence-corrected chi connectivity index (χ1v) is 9.44. The molecule has 4 unspecified atom stereocenters. The van der Waals surface area contributed by atoms with E-state index in [0.717, 1.165) is 0 Å². The van der Waals surface area contributed by atoms with Crippen LogP contribution in [0.4, 0.5) is 0 Å². The molecule has 32 heavy (non-hydrogen) atoms. The summed E-state index contributed by atoms with van der Waals surface area (Å²) in [6, 6.07) is 0.182. The molecule has 0 saturated heterocycles. The standard InChI is InChI=1S/C19H26N4O9/c1-9(21-17(29)12(20)7-15(26)27)16(28)22-13(6-10-2-4-11(25)5-3-10)18(30)23-14(8-24)19(31)32/h2-5,9,12-14,24-25H,6-8,20H2,1H3,(H,21,29)(H,22,28)(H,23,30)(H,26,27)(H,31,32). The van der Waals surface area contributed by atoms with Gasteiger partial charge >= 0.3 is 11.9 Å². The number of hydrogen-bond acceptors (Lipinski definition) is 8. The van der Waals surface area contributed by atoms with Crippen LogP contribution in [0, 0.1) is 0 Å². The van der Waals surface area contributed by atoms with Crippen molar-refractivity contribution in [1.29, 1.82) is 0 Å². The zero-order valence-electron chi connectivity index (χ0n) is 17.1. The van der Waals surface area contributed by atoms with E-state index < -0.39 is 66.9 Å². The molecule has 176 valence electrons. The van der Waals surface area contributed by atoms with Crippen molar-refractivity contribution in [3.05, 3.63) is 29.8 Å². The van der Waals surface area contributed by atoms with E-state index in [1.54, 1.807) is 0 Å². The Hall–Kier alpha value is -3.71. The number of carboxylic acids is 2. The van der Waals surface area contributed by atoms with Gasteiger partial charge in [0, 0.05) is 6.42 Å². The first-order valence-electron chi connectivity index (χ1n) is 9.44. The van der Waals surface area contributed by atoms with Crippen LogP contribution in [0.3, 0.4) is 0 Å². The molecule has 13 nitrogen and oxygen atoms in total. The topological polar surface area (TPSA) is 228 Å². The van der Waals surface area contributed by atoms with Crippen LogP contribution in [0.5, 0.6) is 5.75 Å². The van der Waals surface area contributed by atoms with Crippen LogP contribution in [0.25, 0.3) is 0 Å². The zero-order chi connectivity index (χ0) is 24.4. The van der Waals surface area contributed by atoms with Crippen molar-refractivity contribution in [2.24, 2.45) is 5.73 Å². The molecule has 1 aromatic carbocycles. The number of phenols is 1. The second-order valence-corrected chi connectivity index (χ2v) is 6.95. The second-order valence-electron chi connectivity index (χ2n) is 6.95. The summed E-state index contributed by atoms with van der Waals surface area (Å²) in [5.41, 5.74) is 5.95. The Morgan fingerprint density at radius 3 is 1.97 bits per heavy atom. The van der Waals surface area contributed by atoms with E-state index in [9.17, 15) is 29.1 Å². The van der Waals surface area contributed by atoms with Gasteiger partial charge < -0.3 is 42.1 Å². The van der Waals surface area contributed by atoms with Crippen molar-refractivity contribution in [2.45, 2.75) is 43.9 Å². The maximum Gasteiger partial charge on any atom is 0.328 e. The van der Waals surface area contributed by atoms with Gasteiger partial charge in [-0.1, -0.05) is 12.1 Å². The molecule has 0 heterocycles. The third kappa shape index (κ3) is 8.57. The van der Waals surface area contributed by atoms with Crippen LogP contribution in [0.15, 0.2) is 24.3 Å². The fourth-order valence-corrected chi connectivity index (χ4v) is 2.50. The first-order chi connectivity index (χ1) is 14.9. The van der Waals surface area contributed by atoms with Crippen molar-refractivity contribution in [3.63, 3.8) is 0 Å². The lowest BCUT2D eigenvalue weighted by molar-refractivity contribution is -0.143. The van der Waals surface area contributed by atoms with E-state index in [2.05, 4.69) is 16.0 Å². The molecule has 1 aromatic rings. The average molecular weight is 454 g/mol. The molecule has 0 radical (unpaired) electrons. The molecule has 0 bridgehead atoms. The van der Waals surface area contributed by atoms with E-state index in [0.29, 0.717) is 5.56 Å². The first kappa shape index (κ1) is 26.3. The molecule has 0 aromatic heterocycles. The highest BCUT2D eigenvalue weighted by Crippen LogP contribution is 2.12. The maximum atomic E-state index is 12.6. The van der Waals surface area contributed by atoms with E-state index >= 15 is 0 Å². The van der Waals surface area contributed by atoms with Gasteiger partial charge in [-0.25, -0.2) is 4.79 Å². The molecule has 0 spiro atoms. The number of benzene rings is 1. The summed E-state index contributed by atoms with van der Waals surface area (Å²) in [6.07, 6.45) is -0.751. The number of carbonyl (C=O) groups is 5. The number of hydrogen-bond donors (Lipinski definition) is 8. The minimum atomic E-state index is -1.60. The highest BCUT2D eigenvalue weighted by molar-refractivity contribution is 5.94. The van der Waals surface area contributed by atoms with Crippen LogP contribution in [0.1, 0.15) is 18.9 Å². The quantitative estimate of drug-likeness (QED) is 0.163. The van der Waals surface area contributed by atoms with Crippen LogP contribution >= 0.6 is 0 Å². The lowest BCUT2D eigenvalue weighted by Gasteiger charge is -2.23. The molecule has 0 saturated carbocycles. The highest BCUT2D eigenvalue weighted by atomic mass is 16.4. The van der Waals surface area contributed by atoms with Gasteiger partial charge in [-0.3, -0.25) is 19.2 Å². The molecule has 0 aliphatic carbocycles. The lowest BCUT2D eigenvalue weighted by atomic mass is 10.0. The number of rotatable bonds is 12. The van der Waals surface area contributed by atoms with E-state index in [1.165, 1.54) is 31.2 Å². The summed E-state index contributed by atoms with van der Waals surface area (Å²) in [5, 5.41) is 42.9. The van der Waals surface area contributed by atoms with Gasteiger partial charge in [0.05, 0.1) is 19.1 Å². The number of amides is 3. The number of aliphatic hydroxyl groups is 1. The van der Waals surface area contributed by atoms with Gasteiger partial charge in [0.2, 0.25) is 17.7 Å². The molecule has 3 amide bonds. The maximum absolute atomic E-state index is 12.6. The number of aliphatic hydroxyl groups excluding tert-OH is 1. The summed E-state index contributed by atoms with van der Waals surface area (Å²) in [5.74, 6) is -5.43. The van der Waals surface area contributed by atoms with Crippen LogP contribution in [-0.2, 0) is 30.4 Å². The Bertz CT molecular complexity index is 844. The molecular formula is C19H26N4O9. The Morgan fingerprint density at radius 1 is 0.906 bits per heavy atom. The Morgan fingerprint density at radius 2 is 1.47 bits per heavy atom. The Labute approximate surface area is 182 Å². The molecule has 9 N–H and O–H groups in total. The number of nitrogens with two attached hydrogens (primary N) is 1. The number of aromatic hydroxyl groups is 1. The largest absolute Gasteiger partial charge is 0.508 e. The third-order valence-electron chi connectivity index (χ3n) is 4.29. The summed E-state index contributed by atoms with van der Waals surface area (Å²) >= 11 is 0. The fourth-order valence-electron chi connectivity index (χ4n) is 2.50. The van der Waals surface area contributed by atoms with Crippen LogP contribution in [-0.4, -0.2) is 80.9 Å². The summed E-state index contributed by atoms with van der Waals surface area (Å²) in [7, 11) is 0. The van der Waals surface area contributed by atoms with Crippen molar-refractivity contribution in [1.82, 2.24) is 16.0 Å². The summed E-state index contributed by atoms with van der Waals surface area (Å²) < 4.78 is 0. The van der Waals surface area contributed by atoms with Gasteiger partial charge in [-0.2, -0.15) is 0 Å². The molecule has 1 rings (SSSR count). The molecule has 0 aliphatic heterocycles. The highest BCUT2D eigenvalue weighted by Gasteiger charge is 2.29. The van der Waals surface area contributed by atoms with Gasteiger partial charge in [0.25, 0.3) is 0 Å². The van der Waals surface area contributed by atoms with E-state index in [1.807, 2.05) is 0 Å². The molecule has 0 fully saturated rings. The SMILES string of the molecule is CC(NC(=O)C(N)CC(=O)O)C(=O)NC(Cc1ccc(O)cc1)C(=O)NC(CO)C(=O)O. The van der Waals surface area contributed by atoms with Gasteiger partial charge in [-0.05, 0) is 24.6 Å². The number of carboxylic acid groups (broad SMARTS) is 2. The average Bonchev–Trinajstić information content (AvgIpc) is 2.71. The van der Waals surface area contributed by atoms with Gasteiger partial charge in [0.1, 0.15) is 23.9 Å². The molecule has 13 heteroatoms. The predicted octanol–water partition coefficient (Wildman–Crippen LogP) is -2.71. The van der Waals surface area contributed by atoms with Gasteiger partial charge in [0.15, 0.2) is 0 Å². The zero-order valence-corrected chi connectivity index (χ0v) is 17.1. The molecular weight excluding hydrogens is 428 g/mol. The minimum Gasteiger partial charge on any atom is -0.508 e. The second kappa shape index (κ2) is 12.2. The summed E-state index contributed by atoms with van der Waals surface area (Å²) in [6.45, 7) is 0.402. The number of phenolic OH excluding ortho intramolecular Hbond substituents is 1. The van der Waals surface area contributed by atoms with Crippen LogP contribution in [0.2, 0.25) is 0 Å². The van der Waals surface area contributed by atoms with Crippen molar-refractivity contribution >= 4 is 29.7 Å². The van der Waals surface area contributed by atoms with E-state index in [4.69, 9.17) is 21.1 Å². The smallest absolute Gasteiger partial charge is 0.328 e. The predicted molar refractivity (Wildman–Crippen MR) is 108 cm³/mol. The van der Waals surface area contributed by atoms with Crippen molar-refractivity contribution in [3.8, 4) is 5.75 Å². The van der Waals surface area contributed by atoms with Crippen molar-refractivity contribution < 1.29 is 44.4 Å². The number of nitrogens with one attached hydrogen (secondary N) is 3. The summed E-state index contributed by atoms with van der Waals surface area (Å²) in [4.78, 5) is 58.7. The number of carbonyl (C=O) groups excluding carboxylic acids is 3. The molecule has 4 atom stereocenters. The van der Waals surface area contributed by atoms with Gasteiger partial charge in [-0.15, -0.1) is 0 Å².